The van der Waals surface area contributed by atoms with Crippen molar-refractivity contribution in [2.75, 3.05) is 25.5 Å². The van der Waals surface area contributed by atoms with Crippen molar-refractivity contribution in [2.45, 2.75) is 26.1 Å². The molecule has 2 amide bonds. The van der Waals surface area contributed by atoms with Crippen LogP contribution in [0.3, 0.4) is 0 Å². The Bertz CT molecular complexity index is 644. The monoisotopic (exact) mass is 342 g/mol. The van der Waals surface area contributed by atoms with Gasteiger partial charge in [0.2, 0.25) is 0 Å². The summed E-state index contributed by atoms with van der Waals surface area (Å²) in [5, 5.41) is 12.8. The van der Waals surface area contributed by atoms with Gasteiger partial charge in [-0.2, -0.15) is 0 Å². The lowest BCUT2D eigenvalue weighted by molar-refractivity contribution is 0.0188. The van der Waals surface area contributed by atoms with Crippen LogP contribution < -0.4 is 5.32 Å². The van der Waals surface area contributed by atoms with Crippen molar-refractivity contribution in [3.63, 3.8) is 0 Å². The molecule has 1 unspecified atom stereocenters. The first-order valence-corrected chi connectivity index (χ1v) is 8.49. The van der Waals surface area contributed by atoms with Crippen molar-refractivity contribution in [1.29, 1.82) is 0 Å². The molecule has 2 rings (SSSR count). The zero-order chi connectivity index (χ0) is 18.1. The highest BCUT2D eigenvalue weighted by molar-refractivity contribution is 5.89. The summed E-state index contributed by atoms with van der Waals surface area (Å²) in [5.74, 6) is 0. The summed E-state index contributed by atoms with van der Waals surface area (Å²) in [4.78, 5) is 13.6. The predicted molar refractivity (Wildman–Crippen MR) is 99.6 cm³/mol. The number of anilines is 1. The minimum absolute atomic E-state index is 0.178. The highest BCUT2D eigenvalue weighted by Crippen LogP contribution is 2.10. The molecular weight excluding hydrogens is 316 g/mol. The summed E-state index contributed by atoms with van der Waals surface area (Å²) in [6.45, 7) is 2.91. The first-order valence-electron chi connectivity index (χ1n) is 8.49. The van der Waals surface area contributed by atoms with Crippen LogP contribution in [0.25, 0.3) is 0 Å². The van der Waals surface area contributed by atoms with Gasteiger partial charge in [-0.15, -0.1) is 0 Å². The molecule has 0 bridgehead atoms. The number of ether oxygens (including phenoxy) is 1. The van der Waals surface area contributed by atoms with Gasteiger partial charge < -0.3 is 20.1 Å². The lowest BCUT2D eigenvalue weighted by Gasteiger charge is -2.21. The molecule has 134 valence electrons. The Hall–Kier alpha value is -2.37. The number of aliphatic hydroxyl groups excluding tert-OH is 1. The van der Waals surface area contributed by atoms with Crippen LogP contribution in [0.15, 0.2) is 54.6 Å². The minimum Gasteiger partial charge on any atom is -0.389 e. The topological polar surface area (TPSA) is 61.8 Å². The van der Waals surface area contributed by atoms with E-state index in [1.807, 2.05) is 54.6 Å². The Morgan fingerprint density at radius 1 is 1.12 bits per heavy atom. The van der Waals surface area contributed by atoms with E-state index in [0.717, 1.165) is 17.7 Å². The molecule has 25 heavy (non-hydrogen) atoms. The number of nitrogens with zero attached hydrogens (tertiary/aromatic N) is 1. The van der Waals surface area contributed by atoms with E-state index in [4.69, 9.17) is 4.74 Å². The Morgan fingerprint density at radius 2 is 1.80 bits per heavy atom. The zero-order valence-electron chi connectivity index (χ0n) is 14.8. The molecular formula is C20H26N2O3. The van der Waals surface area contributed by atoms with E-state index >= 15 is 0 Å². The second-order valence-corrected chi connectivity index (χ2v) is 6.02. The minimum atomic E-state index is -0.734. The molecule has 0 aliphatic heterocycles. The van der Waals surface area contributed by atoms with Crippen molar-refractivity contribution < 1.29 is 14.6 Å². The third kappa shape index (κ3) is 6.57. The van der Waals surface area contributed by atoms with Crippen LogP contribution in [0, 0.1) is 0 Å². The Balaban J connectivity index is 1.71. The molecule has 0 aliphatic rings. The SMILES string of the molecule is CCc1ccc(NC(=O)N(C)CC(O)COCc2ccccc2)cc1. The van der Waals surface area contributed by atoms with Crippen LogP contribution in [-0.4, -0.2) is 42.3 Å². The van der Waals surface area contributed by atoms with Gasteiger partial charge in [-0.1, -0.05) is 49.4 Å². The van der Waals surface area contributed by atoms with Crippen molar-refractivity contribution >= 4 is 11.7 Å². The van der Waals surface area contributed by atoms with E-state index in [1.165, 1.54) is 10.5 Å². The van der Waals surface area contributed by atoms with E-state index in [1.54, 1.807) is 7.05 Å². The molecule has 0 saturated heterocycles. The first-order chi connectivity index (χ1) is 12.1. The van der Waals surface area contributed by atoms with E-state index in [9.17, 15) is 9.90 Å². The quantitative estimate of drug-likeness (QED) is 0.774. The smallest absolute Gasteiger partial charge is 0.321 e. The first kappa shape index (κ1) is 19.0. The van der Waals surface area contributed by atoms with Crippen LogP contribution >= 0.6 is 0 Å². The van der Waals surface area contributed by atoms with Crippen molar-refractivity contribution in [3.05, 3.63) is 65.7 Å². The van der Waals surface area contributed by atoms with Gasteiger partial charge in [0.25, 0.3) is 0 Å². The number of carbonyl (C=O) groups excluding carboxylic acids is 1. The van der Waals surface area contributed by atoms with Gasteiger partial charge in [0.15, 0.2) is 0 Å². The van der Waals surface area contributed by atoms with Crippen LogP contribution in [-0.2, 0) is 17.8 Å². The van der Waals surface area contributed by atoms with E-state index < -0.39 is 6.10 Å². The summed E-state index contributed by atoms with van der Waals surface area (Å²) in [6.07, 6.45) is 0.227. The molecule has 1 atom stereocenters. The van der Waals surface area contributed by atoms with E-state index in [0.29, 0.717) is 6.61 Å². The average Bonchev–Trinajstić information content (AvgIpc) is 2.63. The molecule has 0 spiro atoms. The summed E-state index contributed by atoms with van der Waals surface area (Å²) < 4.78 is 5.50. The van der Waals surface area contributed by atoms with Crippen LogP contribution in [0.1, 0.15) is 18.1 Å². The molecule has 0 aliphatic carbocycles. The number of nitrogens with one attached hydrogen (secondary N) is 1. The summed E-state index contributed by atoms with van der Waals surface area (Å²) in [5.41, 5.74) is 3.01. The fourth-order valence-corrected chi connectivity index (χ4v) is 2.38. The fraction of sp³-hybridized carbons (Fsp3) is 0.350. The van der Waals surface area contributed by atoms with Crippen LogP contribution in [0.5, 0.6) is 0 Å². The van der Waals surface area contributed by atoms with Gasteiger partial charge in [-0.25, -0.2) is 4.79 Å². The van der Waals surface area contributed by atoms with Gasteiger partial charge in [0, 0.05) is 12.7 Å². The number of hydrogen-bond donors (Lipinski definition) is 2. The Kier molecular flexibility index (Phi) is 7.44. The van der Waals surface area contributed by atoms with Crippen LogP contribution in [0.4, 0.5) is 10.5 Å². The predicted octanol–water partition coefficient (Wildman–Crippen LogP) is 3.29. The van der Waals surface area contributed by atoms with Crippen molar-refractivity contribution in [1.82, 2.24) is 4.90 Å². The molecule has 5 nitrogen and oxygen atoms in total. The van der Waals surface area contributed by atoms with Crippen LogP contribution in [0.2, 0.25) is 0 Å². The summed E-state index contributed by atoms with van der Waals surface area (Å²) in [6, 6.07) is 17.2. The number of aryl methyl sites for hydroxylation is 1. The summed E-state index contributed by atoms with van der Waals surface area (Å²) >= 11 is 0. The highest BCUT2D eigenvalue weighted by atomic mass is 16.5. The molecule has 0 aromatic heterocycles. The number of aliphatic hydroxyl groups is 1. The second kappa shape index (κ2) is 9.81. The molecule has 2 aromatic carbocycles. The molecule has 0 heterocycles. The fourth-order valence-electron chi connectivity index (χ4n) is 2.38. The molecule has 0 saturated carbocycles. The normalized spacial score (nSPS) is 11.8. The second-order valence-electron chi connectivity index (χ2n) is 6.02. The van der Waals surface area contributed by atoms with E-state index in [2.05, 4.69) is 12.2 Å². The molecule has 2 N–H and O–H groups in total. The standard InChI is InChI=1S/C20H26N2O3/c1-3-16-9-11-18(12-10-16)21-20(24)22(2)13-19(23)15-25-14-17-7-5-4-6-8-17/h4-12,19,23H,3,13-15H2,1-2H3,(H,21,24). The van der Waals surface area contributed by atoms with Gasteiger partial charge >= 0.3 is 6.03 Å². The van der Waals surface area contributed by atoms with E-state index in [-0.39, 0.29) is 19.2 Å². The molecule has 5 heteroatoms. The van der Waals surface area contributed by atoms with Crippen molar-refractivity contribution in [2.24, 2.45) is 0 Å². The number of carbonyl (C=O) groups is 1. The maximum atomic E-state index is 12.2. The summed E-state index contributed by atoms with van der Waals surface area (Å²) in [7, 11) is 1.65. The average molecular weight is 342 g/mol. The Labute approximate surface area is 149 Å². The largest absolute Gasteiger partial charge is 0.389 e. The molecule has 2 aromatic rings. The van der Waals surface area contributed by atoms with Gasteiger partial charge in [-0.05, 0) is 29.7 Å². The lowest BCUT2D eigenvalue weighted by Crippen LogP contribution is -2.38. The van der Waals surface area contributed by atoms with Gasteiger partial charge in [0.05, 0.1) is 25.9 Å². The molecule has 0 radical (unpaired) electrons. The third-order valence-electron chi connectivity index (χ3n) is 3.87. The maximum Gasteiger partial charge on any atom is 0.321 e. The number of rotatable bonds is 8. The number of urea groups is 1. The third-order valence-corrected chi connectivity index (χ3v) is 3.87. The highest BCUT2D eigenvalue weighted by Gasteiger charge is 2.14. The van der Waals surface area contributed by atoms with Gasteiger partial charge in [0.1, 0.15) is 0 Å². The Morgan fingerprint density at radius 3 is 2.44 bits per heavy atom. The lowest BCUT2D eigenvalue weighted by atomic mass is 10.1. The number of amides is 2. The molecule has 0 fully saturated rings. The number of likely N-dealkylation sites (N-methyl/N-ethyl adjacent to an activating group) is 1. The maximum absolute atomic E-state index is 12.2. The number of hydrogen-bond acceptors (Lipinski definition) is 3. The van der Waals surface area contributed by atoms with Crippen molar-refractivity contribution in [3.8, 4) is 0 Å². The van der Waals surface area contributed by atoms with Gasteiger partial charge in [-0.3, -0.25) is 0 Å². The zero-order valence-corrected chi connectivity index (χ0v) is 14.8. The number of benzene rings is 2.